The number of rotatable bonds is 6. The number of anilines is 1. The van der Waals surface area contributed by atoms with Crippen molar-refractivity contribution in [3.05, 3.63) is 65.4 Å². The molecule has 0 unspecified atom stereocenters. The number of thioether (sulfide) groups is 1. The fourth-order valence-electron chi connectivity index (χ4n) is 3.65. The second kappa shape index (κ2) is 8.83. The Balaban J connectivity index is 1.63. The number of carbonyl (C=O) groups is 1. The number of nitrogens with zero attached hydrogens (tertiary/aromatic N) is 1. The minimum absolute atomic E-state index is 0.0470. The second-order valence-electron chi connectivity index (χ2n) is 7.48. The molecule has 1 N–H and O–H groups in total. The summed E-state index contributed by atoms with van der Waals surface area (Å²) < 4.78 is 29.7. The van der Waals surface area contributed by atoms with Crippen LogP contribution in [0.2, 0.25) is 0 Å². The molecule has 0 aliphatic carbocycles. The molecule has 0 spiro atoms. The van der Waals surface area contributed by atoms with E-state index in [0.717, 1.165) is 43.0 Å². The molecule has 0 bridgehead atoms. The molecule has 4 rings (SSSR count). The van der Waals surface area contributed by atoms with Gasteiger partial charge in [0.25, 0.3) is 5.91 Å². The Morgan fingerprint density at radius 1 is 1.10 bits per heavy atom. The summed E-state index contributed by atoms with van der Waals surface area (Å²) in [6, 6.07) is 14.8. The van der Waals surface area contributed by atoms with E-state index in [1.807, 2.05) is 36.0 Å². The van der Waals surface area contributed by atoms with E-state index >= 15 is 0 Å². The van der Waals surface area contributed by atoms with Gasteiger partial charge >= 0.3 is 0 Å². The van der Waals surface area contributed by atoms with Gasteiger partial charge in [-0.2, -0.15) is 11.8 Å². The minimum atomic E-state index is -3.34. The zero-order chi connectivity index (χ0) is 21.1. The molecular formula is C22H24N2O4S2. The van der Waals surface area contributed by atoms with E-state index in [2.05, 4.69) is 10.2 Å². The Hall–Kier alpha value is -2.29. The van der Waals surface area contributed by atoms with Crippen LogP contribution >= 0.6 is 11.8 Å². The molecule has 1 aliphatic rings. The molecule has 2 heterocycles. The number of carbonyl (C=O) groups excluding carboxylic acids is 1. The van der Waals surface area contributed by atoms with Crippen LogP contribution in [0.5, 0.6) is 0 Å². The maximum absolute atomic E-state index is 13.1. The lowest BCUT2D eigenvalue weighted by atomic mass is 10.1. The number of benzene rings is 2. The molecule has 6 nitrogen and oxygen atoms in total. The molecule has 3 aromatic rings. The van der Waals surface area contributed by atoms with Gasteiger partial charge in [0.15, 0.2) is 15.6 Å². The van der Waals surface area contributed by atoms with Crippen LogP contribution in [-0.2, 0) is 22.1 Å². The summed E-state index contributed by atoms with van der Waals surface area (Å²) in [6.45, 7) is 2.80. The molecule has 0 atom stereocenters. The number of hydrogen-bond donors (Lipinski definition) is 1. The van der Waals surface area contributed by atoms with Gasteiger partial charge < -0.3 is 9.73 Å². The molecule has 1 aromatic heterocycles. The van der Waals surface area contributed by atoms with Crippen LogP contribution in [0.4, 0.5) is 5.69 Å². The molecule has 8 heteroatoms. The number of furan rings is 1. The summed E-state index contributed by atoms with van der Waals surface area (Å²) in [4.78, 5) is 15.5. The van der Waals surface area contributed by atoms with Gasteiger partial charge in [-0.15, -0.1) is 0 Å². The van der Waals surface area contributed by atoms with Crippen molar-refractivity contribution >= 4 is 44.2 Å². The van der Waals surface area contributed by atoms with E-state index in [-0.39, 0.29) is 11.5 Å². The topological polar surface area (TPSA) is 79.6 Å². The highest BCUT2D eigenvalue weighted by Crippen LogP contribution is 2.29. The number of fused-ring (bicyclic) bond motifs is 1. The van der Waals surface area contributed by atoms with Crippen LogP contribution in [-0.4, -0.2) is 50.1 Å². The largest absolute Gasteiger partial charge is 0.451 e. The fourth-order valence-corrected chi connectivity index (χ4v) is 5.44. The van der Waals surface area contributed by atoms with Crippen LogP contribution < -0.4 is 5.32 Å². The predicted molar refractivity (Wildman–Crippen MR) is 122 cm³/mol. The van der Waals surface area contributed by atoms with Crippen molar-refractivity contribution in [1.82, 2.24) is 4.90 Å². The van der Waals surface area contributed by atoms with Crippen LogP contribution in [0.15, 0.2) is 52.9 Å². The first kappa shape index (κ1) is 21.0. The number of para-hydroxylation sites is 2. The van der Waals surface area contributed by atoms with Crippen molar-refractivity contribution in [2.45, 2.75) is 12.3 Å². The van der Waals surface area contributed by atoms with Gasteiger partial charge in [0.05, 0.1) is 5.75 Å². The van der Waals surface area contributed by atoms with Crippen molar-refractivity contribution in [3.63, 3.8) is 0 Å². The highest BCUT2D eigenvalue weighted by Gasteiger charge is 2.24. The average molecular weight is 445 g/mol. The van der Waals surface area contributed by atoms with E-state index in [9.17, 15) is 13.2 Å². The lowest BCUT2D eigenvalue weighted by Gasteiger charge is -2.27. The maximum atomic E-state index is 13.1. The number of amides is 1. The SMILES string of the molecule is CS(=O)(=O)Cc1c(C(=O)Nc2ccccc2CN2CCSCC2)oc2ccccc12. The number of nitrogens with one attached hydrogen (secondary N) is 1. The van der Waals surface area contributed by atoms with Gasteiger partial charge in [0.1, 0.15) is 5.58 Å². The van der Waals surface area contributed by atoms with E-state index < -0.39 is 15.7 Å². The monoisotopic (exact) mass is 444 g/mol. The predicted octanol–water partition coefficient (Wildman–Crippen LogP) is 3.78. The third-order valence-corrected chi connectivity index (χ3v) is 6.83. The van der Waals surface area contributed by atoms with Crippen molar-refractivity contribution in [1.29, 1.82) is 0 Å². The average Bonchev–Trinajstić information content (AvgIpc) is 3.07. The quantitative estimate of drug-likeness (QED) is 0.623. The first-order chi connectivity index (χ1) is 14.4. The number of sulfone groups is 1. The third-order valence-electron chi connectivity index (χ3n) is 5.07. The van der Waals surface area contributed by atoms with Gasteiger partial charge in [-0.25, -0.2) is 8.42 Å². The Kier molecular flexibility index (Phi) is 6.17. The summed E-state index contributed by atoms with van der Waals surface area (Å²) in [5.41, 5.74) is 2.64. The van der Waals surface area contributed by atoms with Gasteiger partial charge in [0, 0.05) is 54.0 Å². The molecule has 1 fully saturated rings. The molecule has 1 aliphatic heterocycles. The van der Waals surface area contributed by atoms with E-state index in [0.29, 0.717) is 22.2 Å². The normalized spacial score (nSPS) is 15.4. The van der Waals surface area contributed by atoms with Gasteiger partial charge in [-0.3, -0.25) is 9.69 Å². The molecule has 158 valence electrons. The second-order valence-corrected chi connectivity index (χ2v) is 10.8. The zero-order valence-corrected chi connectivity index (χ0v) is 18.4. The molecule has 0 radical (unpaired) electrons. The van der Waals surface area contributed by atoms with E-state index in [1.54, 1.807) is 24.3 Å². The maximum Gasteiger partial charge on any atom is 0.291 e. The van der Waals surface area contributed by atoms with Crippen molar-refractivity contribution in [2.75, 3.05) is 36.2 Å². The van der Waals surface area contributed by atoms with Crippen molar-refractivity contribution in [3.8, 4) is 0 Å². The van der Waals surface area contributed by atoms with E-state index in [4.69, 9.17) is 4.42 Å². The summed E-state index contributed by atoms with van der Waals surface area (Å²) in [5, 5.41) is 3.59. The Morgan fingerprint density at radius 3 is 2.57 bits per heavy atom. The smallest absolute Gasteiger partial charge is 0.291 e. The number of hydrogen-bond acceptors (Lipinski definition) is 6. The Morgan fingerprint density at radius 2 is 1.80 bits per heavy atom. The van der Waals surface area contributed by atoms with Gasteiger partial charge in [-0.1, -0.05) is 36.4 Å². The lowest BCUT2D eigenvalue weighted by Crippen LogP contribution is -2.32. The first-order valence-electron chi connectivity index (χ1n) is 9.78. The van der Waals surface area contributed by atoms with E-state index in [1.165, 1.54) is 0 Å². The van der Waals surface area contributed by atoms with Crippen molar-refractivity contribution in [2.24, 2.45) is 0 Å². The van der Waals surface area contributed by atoms with Crippen LogP contribution in [0.1, 0.15) is 21.7 Å². The highest BCUT2D eigenvalue weighted by molar-refractivity contribution is 7.99. The van der Waals surface area contributed by atoms with Crippen LogP contribution in [0.25, 0.3) is 11.0 Å². The lowest BCUT2D eigenvalue weighted by molar-refractivity contribution is 0.0997. The van der Waals surface area contributed by atoms with Gasteiger partial charge in [0.2, 0.25) is 0 Å². The standard InChI is InChI=1S/C22H24N2O4S2/c1-30(26,27)15-18-17-7-3-5-9-20(17)28-21(18)22(25)23-19-8-4-2-6-16(19)14-24-10-12-29-13-11-24/h2-9H,10-15H2,1H3,(H,23,25). The molecule has 1 amide bonds. The summed E-state index contributed by atoms with van der Waals surface area (Å²) in [7, 11) is -3.34. The molecular weight excluding hydrogens is 420 g/mol. The molecule has 30 heavy (non-hydrogen) atoms. The summed E-state index contributed by atoms with van der Waals surface area (Å²) >= 11 is 1.96. The first-order valence-corrected chi connectivity index (χ1v) is 13.0. The minimum Gasteiger partial charge on any atom is -0.451 e. The Bertz CT molecular complexity index is 1160. The Labute approximate surface area is 180 Å². The zero-order valence-electron chi connectivity index (χ0n) is 16.8. The van der Waals surface area contributed by atoms with Crippen molar-refractivity contribution < 1.29 is 17.6 Å². The third kappa shape index (κ3) is 4.88. The molecule has 0 saturated carbocycles. The summed E-state index contributed by atoms with van der Waals surface area (Å²) in [6.07, 6.45) is 1.16. The highest BCUT2D eigenvalue weighted by atomic mass is 32.2. The van der Waals surface area contributed by atoms with Crippen LogP contribution in [0.3, 0.4) is 0 Å². The van der Waals surface area contributed by atoms with Gasteiger partial charge in [-0.05, 0) is 17.7 Å². The molecule has 2 aromatic carbocycles. The molecule has 1 saturated heterocycles. The summed E-state index contributed by atoms with van der Waals surface area (Å²) in [5.74, 6) is 1.59. The van der Waals surface area contributed by atoms with Crippen LogP contribution in [0, 0.1) is 0 Å². The fraction of sp³-hybridized carbons (Fsp3) is 0.318.